The summed E-state index contributed by atoms with van der Waals surface area (Å²) in [5, 5.41) is 6.45. The number of nitrogens with zero attached hydrogens (tertiary/aromatic N) is 2. The zero-order chi connectivity index (χ0) is 32.3. The number of rotatable bonds is 13. The minimum Gasteiger partial charge on any atom is -0.491 e. The van der Waals surface area contributed by atoms with E-state index in [0.29, 0.717) is 66.8 Å². The fraction of sp³-hybridized carbons (Fsp3) is 0.452. The first-order chi connectivity index (χ1) is 20.9. The van der Waals surface area contributed by atoms with E-state index in [1.807, 2.05) is 32.9 Å². The number of carbonyl (C=O) groups is 3. The molecule has 0 atom stereocenters. The standard InChI is InChI=1S/C31H45N7O6/c1-31(2,3)44-30(41)38-15-13-37(14-16-38)12-7-17-43-26-20-22(28(34)39)19-24(33)27(26)36-11-6-5-10-35-25-9-8-21(18-23(25)32)29(40)42-4/h5-6,8-9,18-20,35-36H,7,10-17,32-33H2,1-4H3,(H2,34,39)/b6-5+. The van der Waals surface area contributed by atoms with Crippen molar-refractivity contribution in [3.63, 3.8) is 0 Å². The third-order valence-corrected chi connectivity index (χ3v) is 6.76. The third kappa shape index (κ3) is 10.3. The van der Waals surface area contributed by atoms with E-state index in [-0.39, 0.29) is 11.7 Å². The molecule has 0 spiro atoms. The van der Waals surface area contributed by atoms with Crippen molar-refractivity contribution < 1.29 is 28.6 Å². The van der Waals surface area contributed by atoms with Crippen molar-refractivity contribution in [2.45, 2.75) is 32.8 Å². The van der Waals surface area contributed by atoms with Crippen molar-refractivity contribution in [3.8, 4) is 5.75 Å². The summed E-state index contributed by atoms with van der Waals surface area (Å²) in [6.45, 7) is 10.4. The summed E-state index contributed by atoms with van der Waals surface area (Å²) >= 11 is 0. The molecular formula is C31H45N7O6. The average Bonchev–Trinajstić information content (AvgIpc) is 2.97. The molecule has 1 aliphatic heterocycles. The number of ether oxygens (including phenoxy) is 3. The number of amides is 2. The Bertz CT molecular complexity index is 1330. The molecule has 0 aliphatic carbocycles. The van der Waals surface area contributed by atoms with Gasteiger partial charge in [0.1, 0.15) is 17.0 Å². The SMILES string of the molecule is COC(=O)c1ccc(NC/C=C/CNc2c(N)cc(C(N)=O)cc2OCCCN2CCN(C(=O)OC(C)(C)C)CC2)c(N)c1. The number of benzene rings is 2. The lowest BCUT2D eigenvalue weighted by atomic mass is 10.1. The van der Waals surface area contributed by atoms with E-state index >= 15 is 0 Å². The lowest BCUT2D eigenvalue weighted by Gasteiger charge is -2.35. The second kappa shape index (κ2) is 15.7. The number of nitrogens with two attached hydrogens (primary N) is 3. The van der Waals surface area contributed by atoms with Crippen LogP contribution >= 0.6 is 0 Å². The van der Waals surface area contributed by atoms with Crippen molar-refractivity contribution in [2.24, 2.45) is 5.73 Å². The molecule has 1 aliphatic rings. The summed E-state index contributed by atoms with van der Waals surface area (Å²) in [6, 6.07) is 8.04. The number of primary amides is 1. The highest BCUT2D eigenvalue weighted by molar-refractivity contribution is 5.96. The number of nitrogens with one attached hydrogen (secondary N) is 2. The van der Waals surface area contributed by atoms with E-state index in [2.05, 4.69) is 15.5 Å². The maximum Gasteiger partial charge on any atom is 0.410 e. The number of hydrogen-bond donors (Lipinski definition) is 5. The number of esters is 1. The minimum absolute atomic E-state index is 0.261. The van der Waals surface area contributed by atoms with Crippen LogP contribution in [0.15, 0.2) is 42.5 Å². The fourth-order valence-electron chi connectivity index (χ4n) is 4.50. The highest BCUT2D eigenvalue weighted by atomic mass is 16.6. The molecule has 0 aromatic heterocycles. The van der Waals surface area contributed by atoms with Gasteiger partial charge in [-0.25, -0.2) is 9.59 Å². The summed E-state index contributed by atoms with van der Waals surface area (Å²) in [7, 11) is 1.32. The van der Waals surface area contributed by atoms with Crippen LogP contribution in [0, 0.1) is 0 Å². The lowest BCUT2D eigenvalue weighted by molar-refractivity contribution is 0.0141. The van der Waals surface area contributed by atoms with Gasteiger partial charge in [-0.1, -0.05) is 12.2 Å². The van der Waals surface area contributed by atoms with Gasteiger partial charge >= 0.3 is 12.1 Å². The van der Waals surface area contributed by atoms with Crippen molar-refractivity contribution in [2.75, 3.05) is 81.6 Å². The Morgan fingerprint density at radius 3 is 2.20 bits per heavy atom. The number of piperazine rings is 1. The van der Waals surface area contributed by atoms with Gasteiger partial charge in [0, 0.05) is 51.4 Å². The Labute approximate surface area is 258 Å². The first-order valence-corrected chi connectivity index (χ1v) is 14.5. The molecule has 1 saturated heterocycles. The van der Waals surface area contributed by atoms with Crippen LogP contribution in [-0.4, -0.2) is 92.9 Å². The molecule has 3 rings (SSSR count). The molecule has 13 heteroatoms. The normalized spacial score (nSPS) is 13.9. The van der Waals surface area contributed by atoms with E-state index < -0.39 is 17.5 Å². The van der Waals surface area contributed by atoms with Gasteiger partial charge in [-0.15, -0.1) is 0 Å². The zero-order valence-corrected chi connectivity index (χ0v) is 26.0. The van der Waals surface area contributed by atoms with Crippen LogP contribution in [0.4, 0.5) is 27.5 Å². The average molecular weight is 612 g/mol. The van der Waals surface area contributed by atoms with Gasteiger partial charge in [-0.3, -0.25) is 9.69 Å². The molecule has 0 saturated carbocycles. The lowest BCUT2D eigenvalue weighted by Crippen LogP contribution is -2.50. The molecule has 1 heterocycles. The van der Waals surface area contributed by atoms with Crippen molar-refractivity contribution in [1.29, 1.82) is 0 Å². The van der Waals surface area contributed by atoms with Gasteiger partial charge in [0.2, 0.25) is 5.91 Å². The molecule has 44 heavy (non-hydrogen) atoms. The number of carbonyl (C=O) groups excluding carboxylic acids is 3. The van der Waals surface area contributed by atoms with Gasteiger partial charge < -0.3 is 46.9 Å². The van der Waals surface area contributed by atoms with Gasteiger partial charge in [0.15, 0.2) is 0 Å². The Hall–Kier alpha value is -4.65. The van der Waals surface area contributed by atoms with Gasteiger partial charge in [0.25, 0.3) is 0 Å². The number of methoxy groups -OCH3 is 1. The number of anilines is 4. The van der Waals surface area contributed by atoms with Crippen LogP contribution in [0.3, 0.4) is 0 Å². The molecule has 2 aromatic carbocycles. The smallest absolute Gasteiger partial charge is 0.410 e. The quantitative estimate of drug-likeness (QED) is 0.0969. The number of hydrogen-bond acceptors (Lipinski definition) is 11. The summed E-state index contributed by atoms with van der Waals surface area (Å²) in [6.07, 6.45) is 4.28. The predicted octanol–water partition coefficient (Wildman–Crippen LogP) is 3.14. The van der Waals surface area contributed by atoms with E-state index in [0.717, 1.165) is 26.1 Å². The highest BCUT2D eigenvalue weighted by Gasteiger charge is 2.25. The second-order valence-electron chi connectivity index (χ2n) is 11.3. The zero-order valence-electron chi connectivity index (χ0n) is 26.0. The summed E-state index contributed by atoms with van der Waals surface area (Å²) in [5.74, 6) is -0.602. The highest BCUT2D eigenvalue weighted by Crippen LogP contribution is 2.33. The van der Waals surface area contributed by atoms with E-state index in [9.17, 15) is 14.4 Å². The Kier molecular flexibility index (Phi) is 12.1. The van der Waals surface area contributed by atoms with Crippen molar-refractivity contribution in [1.82, 2.24) is 9.80 Å². The summed E-state index contributed by atoms with van der Waals surface area (Å²) in [4.78, 5) is 39.8. The molecule has 240 valence electrons. The molecule has 8 N–H and O–H groups in total. The van der Waals surface area contributed by atoms with Gasteiger partial charge in [-0.2, -0.15) is 0 Å². The van der Waals surface area contributed by atoms with E-state index in [4.69, 9.17) is 31.4 Å². The fourth-order valence-corrected chi connectivity index (χ4v) is 4.50. The number of nitrogen functional groups attached to an aromatic ring is 2. The molecule has 0 unspecified atom stereocenters. The van der Waals surface area contributed by atoms with Gasteiger partial charge in [0.05, 0.1) is 36.3 Å². The summed E-state index contributed by atoms with van der Waals surface area (Å²) < 4.78 is 16.2. The summed E-state index contributed by atoms with van der Waals surface area (Å²) in [5.41, 5.74) is 20.0. The molecule has 13 nitrogen and oxygen atoms in total. The van der Waals surface area contributed by atoms with E-state index in [1.54, 1.807) is 29.2 Å². The van der Waals surface area contributed by atoms with Crippen LogP contribution in [0.25, 0.3) is 0 Å². The minimum atomic E-state index is -0.596. The van der Waals surface area contributed by atoms with Crippen LogP contribution in [0.1, 0.15) is 47.9 Å². The third-order valence-electron chi connectivity index (χ3n) is 6.76. The molecule has 1 fully saturated rings. The first-order valence-electron chi connectivity index (χ1n) is 14.5. The van der Waals surface area contributed by atoms with Crippen LogP contribution in [0.5, 0.6) is 5.75 Å². The maximum absolute atomic E-state index is 12.3. The van der Waals surface area contributed by atoms with Crippen molar-refractivity contribution in [3.05, 3.63) is 53.6 Å². The Balaban J connectivity index is 1.48. The van der Waals surface area contributed by atoms with E-state index in [1.165, 1.54) is 13.2 Å². The Morgan fingerprint density at radius 2 is 1.59 bits per heavy atom. The monoisotopic (exact) mass is 611 g/mol. The molecular weight excluding hydrogens is 566 g/mol. The maximum atomic E-state index is 12.3. The second-order valence-corrected chi connectivity index (χ2v) is 11.3. The topological polar surface area (TPSA) is 188 Å². The largest absolute Gasteiger partial charge is 0.491 e. The van der Waals surface area contributed by atoms with Crippen LogP contribution < -0.4 is 32.6 Å². The van der Waals surface area contributed by atoms with Crippen LogP contribution in [0.2, 0.25) is 0 Å². The van der Waals surface area contributed by atoms with Crippen LogP contribution in [-0.2, 0) is 9.47 Å². The molecule has 2 amide bonds. The first kappa shape index (κ1) is 33.8. The molecule has 0 bridgehead atoms. The molecule has 2 aromatic rings. The predicted molar refractivity (Wildman–Crippen MR) is 172 cm³/mol. The molecule has 0 radical (unpaired) electrons. The Morgan fingerprint density at radius 1 is 0.932 bits per heavy atom. The van der Waals surface area contributed by atoms with Crippen molar-refractivity contribution >= 4 is 40.7 Å². The van der Waals surface area contributed by atoms with Gasteiger partial charge in [-0.05, 0) is 57.5 Å².